The Labute approximate surface area is 114 Å². The number of carbonyl (C=O) groups is 1. The third-order valence-electron chi connectivity index (χ3n) is 5.90. The van der Waals surface area contributed by atoms with Crippen LogP contribution in [0.25, 0.3) is 0 Å². The summed E-state index contributed by atoms with van der Waals surface area (Å²) in [6.07, 6.45) is 9.07. The first-order chi connectivity index (χ1) is 9.19. The van der Waals surface area contributed by atoms with Crippen LogP contribution >= 0.6 is 0 Å². The van der Waals surface area contributed by atoms with Crippen molar-refractivity contribution in [3.05, 3.63) is 17.4 Å². The molecule has 104 valence electrons. The molecule has 0 bridgehead atoms. The molecule has 0 unspecified atom stereocenters. The van der Waals surface area contributed by atoms with Gasteiger partial charge in [0.05, 0.1) is 19.1 Å². The second kappa shape index (κ2) is 4.06. The molecule has 4 aliphatic rings. The smallest absolute Gasteiger partial charge is 0.246 e. The molecular weight excluding hydrogens is 240 g/mol. The van der Waals surface area contributed by atoms with Crippen LogP contribution in [0.2, 0.25) is 0 Å². The molecule has 0 aromatic carbocycles. The standard InChI is InChI=1S/C15H22N2O2/c18-14-7-1-6-13-12-5-3-9-17(19)8-2-4-11(15(12)17)10-16(13)14/h1,7,11-13,15H,2-6,8-10H2/t11-,12+,13+,15-,17+/m0/s1. The highest BCUT2D eigenvalue weighted by Gasteiger charge is 2.54. The SMILES string of the molecule is O=C1C=CC[C@@H]2[C@H]3CCC[N@+]4([O-])CCC[C@@H](CN12)[C@@H]34. The van der Waals surface area contributed by atoms with Gasteiger partial charge in [-0.05, 0) is 38.2 Å². The van der Waals surface area contributed by atoms with E-state index in [1.807, 2.05) is 6.08 Å². The quantitative estimate of drug-likeness (QED) is 0.492. The molecule has 0 radical (unpaired) electrons. The predicted octanol–water partition coefficient (Wildman–Crippen LogP) is 1.66. The maximum atomic E-state index is 13.1. The summed E-state index contributed by atoms with van der Waals surface area (Å²) in [6.45, 7) is 2.46. The maximum Gasteiger partial charge on any atom is 0.246 e. The average molecular weight is 262 g/mol. The van der Waals surface area contributed by atoms with E-state index in [9.17, 15) is 10.0 Å². The van der Waals surface area contributed by atoms with Gasteiger partial charge in [-0.2, -0.15) is 0 Å². The van der Waals surface area contributed by atoms with Crippen molar-refractivity contribution in [1.29, 1.82) is 0 Å². The number of amides is 1. The van der Waals surface area contributed by atoms with E-state index >= 15 is 0 Å². The topological polar surface area (TPSA) is 43.4 Å². The Morgan fingerprint density at radius 2 is 2.05 bits per heavy atom. The lowest BCUT2D eigenvalue weighted by Crippen LogP contribution is -2.71. The second-order valence-corrected chi connectivity index (χ2v) is 6.79. The zero-order valence-electron chi connectivity index (χ0n) is 11.3. The van der Waals surface area contributed by atoms with Gasteiger partial charge in [-0.15, -0.1) is 0 Å². The molecular formula is C15H22N2O2. The predicted molar refractivity (Wildman–Crippen MR) is 71.9 cm³/mol. The number of quaternary nitrogens is 1. The molecule has 4 nitrogen and oxygen atoms in total. The number of hydroxylamine groups is 3. The van der Waals surface area contributed by atoms with E-state index in [0.717, 1.165) is 51.7 Å². The van der Waals surface area contributed by atoms with E-state index in [1.165, 1.54) is 0 Å². The molecule has 0 aliphatic carbocycles. The first-order valence-electron chi connectivity index (χ1n) is 7.74. The number of nitrogens with zero attached hydrogens (tertiary/aromatic N) is 2. The summed E-state index contributed by atoms with van der Waals surface area (Å²) in [5, 5.41) is 13.1. The normalized spacial score (nSPS) is 48.7. The summed E-state index contributed by atoms with van der Waals surface area (Å²) >= 11 is 0. The van der Waals surface area contributed by atoms with Crippen molar-refractivity contribution in [3.8, 4) is 0 Å². The van der Waals surface area contributed by atoms with E-state index < -0.39 is 0 Å². The van der Waals surface area contributed by atoms with Crippen LogP contribution in [0.3, 0.4) is 0 Å². The van der Waals surface area contributed by atoms with Crippen LogP contribution in [0.5, 0.6) is 0 Å². The molecule has 0 N–H and O–H groups in total. The fourth-order valence-electron chi connectivity index (χ4n) is 5.25. The second-order valence-electron chi connectivity index (χ2n) is 6.79. The molecule has 4 heterocycles. The Morgan fingerprint density at radius 3 is 2.89 bits per heavy atom. The summed E-state index contributed by atoms with van der Waals surface area (Å²) < 4.78 is 0.0532. The first-order valence-corrected chi connectivity index (χ1v) is 7.74. The van der Waals surface area contributed by atoms with Crippen molar-refractivity contribution in [1.82, 2.24) is 4.90 Å². The number of hydrogen-bond acceptors (Lipinski definition) is 2. The molecule has 0 spiro atoms. The Bertz CT molecular complexity index is 432. The molecule has 3 fully saturated rings. The van der Waals surface area contributed by atoms with E-state index in [2.05, 4.69) is 4.90 Å². The molecule has 0 aromatic rings. The van der Waals surface area contributed by atoms with Crippen molar-refractivity contribution in [2.75, 3.05) is 19.6 Å². The summed E-state index contributed by atoms with van der Waals surface area (Å²) in [6, 6.07) is 0.589. The highest BCUT2D eigenvalue weighted by atomic mass is 16.5. The van der Waals surface area contributed by atoms with E-state index in [0.29, 0.717) is 17.9 Å². The third-order valence-corrected chi connectivity index (χ3v) is 5.90. The zero-order valence-corrected chi connectivity index (χ0v) is 11.3. The van der Waals surface area contributed by atoms with Crippen LogP contribution < -0.4 is 0 Å². The number of fused-ring (bicyclic) bond motifs is 2. The third kappa shape index (κ3) is 1.62. The lowest BCUT2D eigenvalue weighted by atomic mass is 9.68. The minimum Gasteiger partial charge on any atom is -0.633 e. The highest BCUT2D eigenvalue weighted by Crippen LogP contribution is 2.47. The van der Waals surface area contributed by atoms with E-state index in [-0.39, 0.29) is 16.6 Å². The summed E-state index contributed by atoms with van der Waals surface area (Å²) in [4.78, 5) is 14.2. The molecule has 4 rings (SSSR count). The van der Waals surface area contributed by atoms with E-state index in [1.54, 1.807) is 6.08 Å². The molecule has 4 aliphatic heterocycles. The molecule has 4 heteroatoms. The molecule has 3 saturated heterocycles. The Kier molecular flexibility index (Phi) is 2.55. The fraction of sp³-hybridized carbons (Fsp3) is 0.800. The number of piperidine rings is 3. The lowest BCUT2D eigenvalue weighted by molar-refractivity contribution is -0.925. The van der Waals surface area contributed by atoms with Crippen molar-refractivity contribution in [2.24, 2.45) is 11.8 Å². The lowest BCUT2D eigenvalue weighted by Gasteiger charge is -2.64. The minimum absolute atomic E-state index is 0.0532. The Hall–Kier alpha value is -0.870. The van der Waals surface area contributed by atoms with Gasteiger partial charge in [-0.3, -0.25) is 4.79 Å². The Morgan fingerprint density at radius 1 is 1.26 bits per heavy atom. The van der Waals surface area contributed by atoms with Crippen molar-refractivity contribution in [3.63, 3.8) is 0 Å². The maximum absolute atomic E-state index is 13.1. The molecule has 0 saturated carbocycles. The van der Waals surface area contributed by atoms with Crippen molar-refractivity contribution < 1.29 is 9.44 Å². The first kappa shape index (κ1) is 11.9. The van der Waals surface area contributed by atoms with Crippen LogP contribution in [-0.4, -0.2) is 47.2 Å². The number of rotatable bonds is 0. The monoisotopic (exact) mass is 262 g/mol. The van der Waals surface area contributed by atoms with Gasteiger partial charge in [0.1, 0.15) is 0 Å². The van der Waals surface area contributed by atoms with Gasteiger partial charge in [0.2, 0.25) is 5.91 Å². The molecule has 0 aromatic heterocycles. The van der Waals surface area contributed by atoms with Crippen LogP contribution in [0.15, 0.2) is 12.2 Å². The van der Waals surface area contributed by atoms with Gasteiger partial charge < -0.3 is 14.8 Å². The zero-order chi connectivity index (χ0) is 13.0. The van der Waals surface area contributed by atoms with Crippen LogP contribution in [-0.2, 0) is 4.79 Å². The largest absolute Gasteiger partial charge is 0.633 e. The fourth-order valence-corrected chi connectivity index (χ4v) is 5.25. The molecule has 19 heavy (non-hydrogen) atoms. The van der Waals surface area contributed by atoms with Gasteiger partial charge in [0, 0.05) is 24.4 Å². The van der Waals surface area contributed by atoms with Gasteiger partial charge in [0.25, 0.3) is 0 Å². The van der Waals surface area contributed by atoms with Gasteiger partial charge in [-0.25, -0.2) is 0 Å². The van der Waals surface area contributed by atoms with Gasteiger partial charge in [0.15, 0.2) is 0 Å². The summed E-state index contributed by atoms with van der Waals surface area (Å²) in [5.74, 6) is 1.07. The summed E-state index contributed by atoms with van der Waals surface area (Å²) in [5.41, 5.74) is 0. The van der Waals surface area contributed by atoms with Crippen LogP contribution in [0.4, 0.5) is 0 Å². The van der Waals surface area contributed by atoms with Gasteiger partial charge in [-0.1, -0.05) is 6.08 Å². The number of carbonyl (C=O) groups excluding carboxylic acids is 1. The van der Waals surface area contributed by atoms with Crippen molar-refractivity contribution in [2.45, 2.75) is 44.2 Å². The molecule has 1 amide bonds. The van der Waals surface area contributed by atoms with Gasteiger partial charge >= 0.3 is 0 Å². The van der Waals surface area contributed by atoms with Crippen molar-refractivity contribution >= 4 is 5.91 Å². The molecule has 5 atom stereocenters. The summed E-state index contributed by atoms with van der Waals surface area (Å²) in [7, 11) is 0. The van der Waals surface area contributed by atoms with Crippen LogP contribution in [0, 0.1) is 17.0 Å². The van der Waals surface area contributed by atoms with Crippen LogP contribution in [0.1, 0.15) is 32.1 Å². The van der Waals surface area contributed by atoms with E-state index in [4.69, 9.17) is 0 Å². The number of hydrogen-bond donors (Lipinski definition) is 0. The average Bonchev–Trinajstić information content (AvgIpc) is 2.40. The highest BCUT2D eigenvalue weighted by molar-refractivity contribution is 5.88. The minimum atomic E-state index is 0.0532. The Balaban J connectivity index is 1.72.